The second-order valence-electron chi connectivity index (χ2n) is 9.99. The first-order chi connectivity index (χ1) is 18.2. The molecule has 37 heavy (non-hydrogen) atoms. The van der Waals surface area contributed by atoms with E-state index in [-0.39, 0.29) is 5.92 Å². The second-order valence-corrected chi connectivity index (χ2v) is 9.99. The average Bonchev–Trinajstić information content (AvgIpc) is 2.95. The van der Waals surface area contributed by atoms with E-state index < -0.39 is 5.91 Å². The lowest BCUT2D eigenvalue weighted by molar-refractivity contribution is 0.100. The van der Waals surface area contributed by atoms with Gasteiger partial charge in [0.25, 0.3) is 0 Å². The zero-order chi connectivity index (χ0) is 24.9. The van der Waals surface area contributed by atoms with Crippen LogP contribution >= 0.6 is 0 Å². The van der Waals surface area contributed by atoms with Crippen LogP contribution in [0.3, 0.4) is 0 Å². The molecule has 1 atom stereocenters. The van der Waals surface area contributed by atoms with Crippen molar-refractivity contribution in [3.8, 4) is 11.1 Å². The lowest BCUT2D eigenvalue weighted by atomic mass is 9.77. The number of fused-ring (bicyclic) bond motifs is 6. The molecule has 7 rings (SSSR count). The molecule has 0 saturated heterocycles. The molecular weight excluding hydrogens is 452 g/mol. The van der Waals surface area contributed by atoms with Crippen molar-refractivity contribution in [2.45, 2.75) is 25.2 Å². The molecule has 0 radical (unpaired) electrons. The maximum atomic E-state index is 12.3. The first-order valence-corrected chi connectivity index (χ1v) is 12.9. The number of nitrogens with zero attached hydrogens (tertiary/aromatic N) is 1. The first-order valence-electron chi connectivity index (χ1n) is 12.9. The van der Waals surface area contributed by atoms with Crippen LogP contribution in [0.5, 0.6) is 0 Å². The minimum absolute atomic E-state index is 0.178. The Balaban J connectivity index is 1.50. The highest BCUT2D eigenvalue weighted by Gasteiger charge is 2.27. The number of primary amides is 1. The van der Waals surface area contributed by atoms with E-state index in [9.17, 15) is 4.79 Å². The summed E-state index contributed by atoms with van der Waals surface area (Å²) in [5.74, 6) is -0.239. The van der Waals surface area contributed by atoms with Gasteiger partial charge >= 0.3 is 0 Å². The Hall–Kier alpha value is -4.50. The second kappa shape index (κ2) is 8.56. The van der Waals surface area contributed by atoms with Crippen molar-refractivity contribution in [3.05, 3.63) is 126 Å². The van der Waals surface area contributed by atoms with Crippen LogP contribution in [0.4, 0.5) is 0 Å². The van der Waals surface area contributed by atoms with Gasteiger partial charge < -0.3 is 5.73 Å². The van der Waals surface area contributed by atoms with Gasteiger partial charge in [-0.05, 0) is 81.3 Å². The van der Waals surface area contributed by atoms with Crippen molar-refractivity contribution in [1.29, 1.82) is 0 Å². The number of pyridine rings is 1. The molecule has 6 aromatic rings. The van der Waals surface area contributed by atoms with Crippen LogP contribution in [0.2, 0.25) is 0 Å². The lowest BCUT2D eigenvalue weighted by Gasteiger charge is -2.28. The van der Waals surface area contributed by atoms with Crippen LogP contribution in [-0.2, 0) is 6.42 Å². The Morgan fingerprint density at radius 3 is 2.38 bits per heavy atom. The predicted octanol–water partition coefficient (Wildman–Crippen LogP) is 7.78. The van der Waals surface area contributed by atoms with Gasteiger partial charge in [0.05, 0.1) is 5.52 Å². The van der Waals surface area contributed by atoms with E-state index in [4.69, 9.17) is 10.7 Å². The monoisotopic (exact) mass is 478 g/mol. The van der Waals surface area contributed by atoms with Crippen LogP contribution in [0, 0.1) is 0 Å². The lowest BCUT2D eigenvalue weighted by Crippen LogP contribution is -2.14. The molecule has 0 saturated carbocycles. The number of hydrogen-bond donors (Lipinski definition) is 1. The third kappa shape index (κ3) is 3.50. The number of aromatic nitrogens is 1. The molecule has 1 unspecified atom stereocenters. The number of rotatable bonds is 3. The third-order valence-electron chi connectivity index (χ3n) is 7.92. The number of carbonyl (C=O) groups is 1. The SMILES string of the molecule is NC(=O)c1ccccc1-c1cc(C2CCCc3ccc4c(ccc5ccccc54)c32)nc2ccccc12. The van der Waals surface area contributed by atoms with Crippen LogP contribution in [-0.4, -0.2) is 10.9 Å². The molecule has 3 nitrogen and oxygen atoms in total. The molecule has 3 heteroatoms. The third-order valence-corrected chi connectivity index (χ3v) is 7.92. The molecular formula is C34H26N2O. The highest BCUT2D eigenvalue weighted by Crippen LogP contribution is 2.43. The van der Waals surface area contributed by atoms with E-state index >= 15 is 0 Å². The summed E-state index contributed by atoms with van der Waals surface area (Å²) in [7, 11) is 0. The van der Waals surface area contributed by atoms with Gasteiger partial charge in [-0.1, -0.05) is 84.9 Å². The van der Waals surface area contributed by atoms with Crippen LogP contribution in [0.25, 0.3) is 43.6 Å². The fraction of sp³-hybridized carbons (Fsp3) is 0.118. The van der Waals surface area contributed by atoms with Gasteiger partial charge in [0.1, 0.15) is 0 Å². The molecule has 0 fully saturated rings. The van der Waals surface area contributed by atoms with Gasteiger partial charge in [-0.2, -0.15) is 0 Å². The summed E-state index contributed by atoms with van der Waals surface area (Å²) in [5, 5.41) is 6.19. The summed E-state index contributed by atoms with van der Waals surface area (Å²) in [4.78, 5) is 17.6. The quantitative estimate of drug-likeness (QED) is 0.264. The molecule has 1 aromatic heterocycles. The van der Waals surface area contributed by atoms with Gasteiger partial charge in [0, 0.05) is 22.6 Å². The highest BCUT2D eigenvalue weighted by molar-refractivity contribution is 6.09. The van der Waals surface area contributed by atoms with E-state index in [0.717, 1.165) is 47.0 Å². The molecule has 2 N–H and O–H groups in total. The fourth-order valence-corrected chi connectivity index (χ4v) is 6.25. The fourth-order valence-electron chi connectivity index (χ4n) is 6.25. The Morgan fingerprint density at radius 1 is 0.730 bits per heavy atom. The van der Waals surface area contributed by atoms with E-state index in [1.165, 1.54) is 32.7 Å². The van der Waals surface area contributed by atoms with Crippen LogP contribution in [0.1, 0.15) is 45.9 Å². The van der Waals surface area contributed by atoms with E-state index in [2.05, 4.69) is 66.7 Å². The number of nitrogens with two attached hydrogens (primary N) is 1. The standard InChI is InChI=1S/C34H26N2O/c35-34(37)28-13-4-3-11-24(28)30-20-32(36-31-15-6-5-12-26(30)31)29-14-7-9-22-17-18-25-23-10-2-1-8-21(23)16-19-27(25)33(22)29/h1-6,8,10-13,15-20,29H,7,9,14H2,(H2,35,37). The Bertz CT molecular complexity index is 1850. The van der Waals surface area contributed by atoms with Crippen LogP contribution < -0.4 is 5.73 Å². The molecule has 178 valence electrons. The maximum Gasteiger partial charge on any atom is 0.249 e. The molecule has 1 aliphatic rings. The number of aryl methyl sites for hydroxylation is 1. The van der Waals surface area contributed by atoms with Gasteiger partial charge in [-0.15, -0.1) is 0 Å². The minimum atomic E-state index is -0.418. The normalized spacial score (nSPS) is 15.2. The number of hydrogen-bond acceptors (Lipinski definition) is 2. The molecule has 0 bridgehead atoms. The number of amides is 1. The van der Waals surface area contributed by atoms with Gasteiger partial charge in [-0.3, -0.25) is 9.78 Å². The maximum absolute atomic E-state index is 12.3. The summed E-state index contributed by atoms with van der Waals surface area (Å²) in [6.07, 6.45) is 3.25. The summed E-state index contributed by atoms with van der Waals surface area (Å²) in [5.41, 5.74) is 13.0. The van der Waals surface area contributed by atoms with Gasteiger partial charge in [0.2, 0.25) is 5.91 Å². The minimum Gasteiger partial charge on any atom is -0.366 e. The molecule has 1 aliphatic carbocycles. The average molecular weight is 479 g/mol. The van der Waals surface area contributed by atoms with Crippen molar-refractivity contribution in [3.63, 3.8) is 0 Å². The van der Waals surface area contributed by atoms with Crippen molar-refractivity contribution >= 4 is 38.4 Å². The van der Waals surface area contributed by atoms with Gasteiger partial charge in [0.15, 0.2) is 0 Å². The van der Waals surface area contributed by atoms with E-state index in [1.54, 1.807) is 6.07 Å². The first kappa shape index (κ1) is 21.8. The number of para-hydroxylation sites is 1. The largest absolute Gasteiger partial charge is 0.366 e. The predicted molar refractivity (Wildman–Crippen MR) is 152 cm³/mol. The topological polar surface area (TPSA) is 56.0 Å². The molecule has 5 aromatic carbocycles. The summed E-state index contributed by atoms with van der Waals surface area (Å²) in [6.45, 7) is 0. The Morgan fingerprint density at radius 2 is 1.49 bits per heavy atom. The number of carbonyl (C=O) groups excluding carboxylic acids is 1. The summed E-state index contributed by atoms with van der Waals surface area (Å²) >= 11 is 0. The van der Waals surface area contributed by atoms with E-state index in [1.807, 2.05) is 30.3 Å². The van der Waals surface area contributed by atoms with Crippen molar-refractivity contribution in [2.24, 2.45) is 5.73 Å². The van der Waals surface area contributed by atoms with Crippen molar-refractivity contribution < 1.29 is 4.79 Å². The van der Waals surface area contributed by atoms with Crippen molar-refractivity contribution in [2.75, 3.05) is 0 Å². The zero-order valence-electron chi connectivity index (χ0n) is 20.4. The van der Waals surface area contributed by atoms with Gasteiger partial charge in [-0.25, -0.2) is 0 Å². The van der Waals surface area contributed by atoms with Crippen molar-refractivity contribution in [1.82, 2.24) is 4.98 Å². The molecule has 0 aliphatic heterocycles. The highest BCUT2D eigenvalue weighted by atomic mass is 16.1. The zero-order valence-corrected chi connectivity index (χ0v) is 20.4. The van der Waals surface area contributed by atoms with Crippen LogP contribution in [0.15, 0.2) is 103 Å². The molecule has 0 spiro atoms. The molecule has 1 amide bonds. The Labute approximate surface area is 215 Å². The van der Waals surface area contributed by atoms with E-state index in [0.29, 0.717) is 5.56 Å². The Kier molecular flexibility index (Phi) is 5.03. The summed E-state index contributed by atoms with van der Waals surface area (Å²) in [6, 6.07) is 35.8. The smallest absolute Gasteiger partial charge is 0.249 e. The summed E-state index contributed by atoms with van der Waals surface area (Å²) < 4.78 is 0. The number of benzene rings is 5. The molecule has 1 heterocycles.